The number of rotatable bonds is 6. The van der Waals surface area contributed by atoms with E-state index in [1.165, 1.54) is 6.07 Å². The van der Waals surface area contributed by atoms with Gasteiger partial charge in [-0.05, 0) is 55.7 Å². The van der Waals surface area contributed by atoms with Gasteiger partial charge in [0.15, 0.2) is 0 Å². The second kappa shape index (κ2) is 11.4. The van der Waals surface area contributed by atoms with Gasteiger partial charge >= 0.3 is 19.2 Å². The highest BCUT2D eigenvalue weighted by Crippen LogP contribution is 2.59. The molecule has 0 saturated carbocycles. The molecule has 9 nitrogen and oxygen atoms in total. The van der Waals surface area contributed by atoms with Gasteiger partial charge in [0.25, 0.3) is 5.91 Å². The van der Waals surface area contributed by atoms with E-state index in [0.717, 1.165) is 34.4 Å². The number of halogens is 7. The van der Waals surface area contributed by atoms with Crippen molar-refractivity contribution in [2.75, 3.05) is 0 Å². The lowest BCUT2D eigenvalue weighted by Crippen LogP contribution is -2.53. The van der Waals surface area contributed by atoms with Gasteiger partial charge < -0.3 is 24.7 Å². The Hall–Kier alpha value is -3.53. The fourth-order valence-corrected chi connectivity index (χ4v) is 6.73. The number of carbonyl (C=O) groups excluding carboxylic acids is 3. The van der Waals surface area contributed by atoms with Crippen LogP contribution in [0.2, 0.25) is 0 Å². The van der Waals surface area contributed by atoms with E-state index in [1.807, 2.05) is 0 Å². The maximum atomic E-state index is 14.2. The molecule has 0 unspecified atom stereocenters. The normalized spacial score (nSPS) is 20.9. The highest BCUT2D eigenvalue weighted by Gasteiger charge is 2.50. The molecule has 236 valence electrons. The first kappa shape index (κ1) is 31.9. The average molecular weight is 668 g/mol. The van der Waals surface area contributed by atoms with E-state index in [-0.39, 0.29) is 29.5 Å². The Balaban J connectivity index is 1.35. The van der Waals surface area contributed by atoms with Crippen LogP contribution >= 0.6 is 18.9 Å². The molecule has 3 heterocycles. The van der Waals surface area contributed by atoms with Crippen LogP contribution in [0.1, 0.15) is 47.3 Å². The van der Waals surface area contributed by atoms with Crippen molar-refractivity contribution >= 4 is 46.8 Å². The molecule has 3 N–H and O–H groups in total. The average Bonchev–Trinajstić information content (AvgIpc) is 3.56. The van der Waals surface area contributed by atoms with Crippen molar-refractivity contribution in [1.29, 1.82) is 0 Å². The van der Waals surface area contributed by atoms with E-state index >= 15 is 0 Å². The molecule has 2 aromatic carbocycles. The van der Waals surface area contributed by atoms with Crippen LogP contribution in [0.15, 0.2) is 24.3 Å². The number of benzene rings is 2. The first-order valence-electron chi connectivity index (χ1n) is 12.9. The predicted octanol–water partition coefficient (Wildman–Crippen LogP) is 5.07. The molecule has 3 aromatic rings. The molecule has 3 atom stereocenters. The summed E-state index contributed by atoms with van der Waals surface area (Å²) in [6.07, 6.45) is 1.07. The molecule has 0 spiro atoms. The van der Waals surface area contributed by atoms with Gasteiger partial charge in [0.2, 0.25) is 40.7 Å². The molecule has 0 bridgehead atoms. The number of nitrogens with one attached hydrogen (secondary N) is 1. The summed E-state index contributed by atoms with van der Waals surface area (Å²) in [6.45, 7) is 0. The Kier molecular flexibility index (Phi) is 8.29. The number of ether oxygens (including phenoxy) is 1. The van der Waals surface area contributed by atoms with E-state index in [0.29, 0.717) is 17.5 Å². The van der Waals surface area contributed by atoms with Gasteiger partial charge in [-0.3, -0.25) is 14.2 Å². The van der Waals surface area contributed by atoms with Gasteiger partial charge in [-0.25, -0.2) is 18.0 Å². The standard InChI is InChI=1S/C26H20F7N2O7PS/c27-17-18(28)20(30)22(21(31)19(17)29)42-25(38)14-6-5-12-2-1-3-13(24(37)35(12)14)34-23(36)16-9-10-8-11(4-7-15(10)44-16)26(32,33)43(39,40)41/h4,7-9,12-14H,1-3,5-6H2,(H,34,36)(H2,39,40,41)/t12-,13-,14-/m0/s1. The minimum absolute atomic E-state index is 0.0334. The summed E-state index contributed by atoms with van der Waals surface area (Å²) in [5, 5.41) is 2.59. The van der Waals surface area contributed by atoms with Gasteiger partial charge in [0.1, 0.15) is 12.1 Å². The SMILES string of the molecule is O=C(N[C@H]1CCC[C@H]2CC[C@@H](C(=O)Oc3c(F)c(F)c(F)c(F)c3F)N2C1=O)c1cc2cc(C(F)(F)P(=O)(O)O)ccc2s1. The first-order valence-corrected chi connectivity index (χ1v) is 15.3. The topological polar surface area (TPSA) is 133 Å². The van der Waals surface area contributed by atoms with Crippen molar-refractivity contribution in [3.05, 3.63) is 63.8 Å². The molecule has 5 rings (SSSR count). The van der Waals surface area contributed by atoms with Crippen molar-refractivity contribution in [3.8, 4) is 5.75 Å². The lowest BCUT2D eigenvalue weighted by Gasteiger charge is -2.30. The third-order valence-electron chi connectivity index (χ3n) is 7.49. The number of thiophene rings is 1. The molecule has 2 fully saturated rings. The van der Waals surface area contributed by atoms with Crippen LogP contribution in [0, 0.1) is 29.1 Å². The number of amides is 2. The second-order valence-corrected chi connectivity index (χ2v) is 13.0. The predicted molar refractivity (Wildman–Crippen MR) is 138 cm³/mol. The molecule has 44 heavy (non-hydrogen) atoms. The fraction of sp³-hybridized carbons (Fsp3) is 0.346. The minimum atomic E-state index is -5.84. The number of esters is 1. The van der Waals surface area contributed by atoms with Crippen molar-refractivity contribution in [3.63, 3.8) is 0 Å². The number of nitrogens with zero attached hydrogens (tertiary/aromatic N) is 1. The smallest absolute Gasteiger partial charge is 0.399 e. The maximum absolute atomic E-state index is 14.2. The molecule has 1 aromatic heterocycles. The monoisotopic (exact) mass is 668 g/mol. The quantitative estimate of drug-likeness (QED) is 0.0835. The van der Waals surface area contributed by atoms with Crippen molar-refractivity contribution in [1.82, 2.24) is 10.2 Å². The van der Waals surface area contributed by atoms with Crippen molar-refractivity contribution < 1.29 is 64.2 Å². The summed E-state index contributed by atoms with van der Waals surface area (Å²) in [4.78, 5) is 58.5. The van der Waals surface area contributed by atoms with Crippen molar-refractivity contribution in [2.24, 2.45) is 0 Å². The summed E-state index contributed by atoms with van der Waals surface area (Å²) in [5.41, 5.74) is -5.44. The fourth-order valence-electron chi connectivity index (χ4n) is 5.31. The number of carbonyl (C=O) groups is 3. The van der Waals surface area contributed by atoms with Crippen LogP contribution in [0.25, 0.3) is 10.1 Å². The third-order valence-corrected chi connectivity index (χ3v) is 9.59. The van der Waals surface area contributed by atoms with E-state index in [9.17, 15) is 49.7 Å². The Morgan fingerprint density at radius 1 is 0.955 bits per heavy atom. The number of hydrogen-bond donors (Lipinski definition) is 3. The van der Waals surface area contributed by atoms with Gasteiger partial charge in [-0.2, -0.15) is 17.6 Å². The summed E-state index contributed by atoms with van der Waals surface area (Å²) in [6, 6.07) is 0.771. The van der Waals surface area contributed by atoms with Crippen LogP contribution in [0.5, 0.6) is 5.75 Å². The van der Waals surface area contributed by atoms with Crippen LogP contribution in [0.4, 0.5) is 30.7 Å². The molecule has 2 aliphatic heterocycles. The van der Waals surface area contributed by atoms with Crippen LogP contribution in [-0.4, -0.2) is 50.6 Å². The Morgan fingerprint density at radius 2 is 1.59 bits per heavy atom. The maximum Gasteiger partial charge on any atom is 0.399 e. The largest absolute Gasteiger partial charge is 0.418 e. The van der Waals surface area contributed by atoms with Gasteiger partial charge in [0.05, 0.1) is 4.88 Å². The highest BCUT2D eigenvalue weighted by molar-refractivity contribution is 7.52. The lowest BCUT2D eigenvalue weighted by atomic mass is 10.1. The van der Waals surface area contributed by atoms with Crippen LogP contribution in [0.3, 0.4) is 0 Å². The second-order valence-electron chi connectivity index (χ2n) is 10.2. The van der Waals surface area contributed by atoms with Gasteiger partial charge in [0, 0.05) is 16.3 Å². The molecule has 2 amide bonds. The summed E-state index contributed by atoms with van der Waals surface area (Å²) >= 11 is 0.850. The lowest BCUT2D eigenvalue weighted by molar-refractivity contribution is -0.148. The molecular weight excluding hydrogens is 648 g/mol. The summed E-state index contributed by atoms with van der Waals surface area (Å²) in [5.74, 6) is -16.6. The summed E-state index contributed by atoms with van der Waals surface area (Å²) in [7, 11) is -5.84. The number of alkyl halides is 2. The van der Waals surface area contributed by atoms with E-state index in [1.54, 1.807) is 0 Å². The van der Waals surface area contributed by atoms with Crippen LogP contribution in [-0.2, 0) is 19.8 Å². The third kappa shape index (κ3) is 5.46. The van der Waals surface area contributed by atoms with E-state index in [2.05, 4.69) is 10.1 Å². The van der Waals surface area contributed by atoms with Gasteiger partial charge in [-0.15, -0.1) is 11.3 Å². The molecule has 18 heteroatoms. The molecule has 0 radical (unpaired) electrons. The highest BCUT2D eigenvalue weighted by atomic mass is 32.1. The van der Waals surface area contributed by atoms with E-state index in [4.69, 9.17) is 9.79 Å². The van der Waals surface area contributed by atoms with Crippen LogP contribution < -0.4 is 10.1 Å². The minimum Gasteiger partial charge on any atom is -0.418 e. The van der Waals surface area contributed by atoms with Gasteiger partial charge in [-0.1, -0.05) is 6.07 Å². The zero-order valence-corrected chi connectivity index (χ0v) is 23.7. The molecule has 2 saturated heterocycles. The number of hydrogen-bond acceptors (Lipinski definition) is 6. The van der Waals surface area contributed by atoms with E-state index < -0.39 is 89.6 Å². The molecular formula is C26H20F7N2O7PS. The Labute approximate surface area is 246 Å². The van der Waals surface area contributed by atoms with Crippen molar-refractivity contribution in [2.45, 2.75) is 55.9 Å². The molecule has 0 aliphatic carbocycles. The zero-order valence-electron chi connectivity index (χ0n) is 22.0. The number of fused-ring (bicyclic) bond motifs is 2. The molecule has 2 aliphatic rings. The Bertz CT molecular complexity index is 1720. The summed E-state index contributed by atoms with van der Waals surface area (Å²) < 4.78 is 113. The zero-order chi connectivity index (χ0) is 32.3. The Morgan fingerprint density at radius 3 is 2.23 bits per heavy atom. The first-order chi connectivity index (χ1) is 20.5.